The highest BCUT2D eigenvalue weighted by molar-refractivity contribution is 4.81. The van der Waals surface area contributed by atoms with Gasteiger partial charge in [-0.3, -0.25) is 4.90 Å². The van der Waals surface area contributed by atoms with E-state index in [1.807, 2.05) is 0 Å². The van der Waals surface area contributed by atoms with Gasteiger partial charge in [0.15, 0.2) is 0 Å². The van der Waals surface area contributed by atoms with Crippen molar-refractivity contribution in [3.05, 3.63) is 0 Å². The van der Waals surface area contributed by atoms with Crippen molar-refractivity contribution in [1.29, 1.82) is 0 Å². The van der Waals surface area contributed by atoms with E-state index in [0.717, 1.165) is 19.5 Å². The minimum atomic E-state index is 0.0681. The first-order chi connectivity index (χ1) is 8.54. The molecule has 0 spiro atoms. The first kappa shape index (κ1) is 15.9. The molecule has 3 N–H and O–H groups in total. The molecule has 0 aliphatic carbocycles. The molecule has 1 aliphatic rings. The molecule has 1 rings (SSSR count). The van der Waals surface area contributed by atoms with Gasteiger partial charge in [0.05, 0.1) is 6.61 Å². The average molecular weight is 257 g/mol. The van der Waals surface area contributed by atoms with Gasteiger partial charge < -0.3 is 15.7 Å². The van der Waals surface area contributed by atoms with Crippen LogP contribution in [0.4, 0.5) is 0 Å². The molecular formula is C14H31N3O. The molecule has 2 unspecified atom stereocenters. The van der Waals surface area contributed by atoms with Crippen LogP contribution in [-0.4, -0.2) is 66.8 Å². The van der Waals surface area contributed by atoms with Crippen LogP contribution in [0.15, 0.2) is 0 Å². The van der Waals surface area contributed by atoms with Crippen LogP contribution in [0.5, 0.6) is 0 Å². The second-order valence-corrected chi connectivity index (χ2v) is 6.07. The SMILES string of the molecule is CC(C)CC(N)C(CO)N(C)CCN1CCCC1. The summed E-state index contributed by atoms with van der Waals surface area (Å²) in [5, 5.41) is 9.54. The smallest absolute Gasteiger partial charge is 0.0601 e. The molecule has 0 aromatic rings. The minimum Gasteiger partial charge on any atom is -0.395 e. The normalized spacial score (nSPS) is 20.8. The summed E-state index contributed by atoms with van der Waals surface area (Å²) in [5.74, 6) is 0.584. The highest BCUT2D eigenvalue weighted by Crippen LogP contribution is 2.11. The Morgan fingerprint density at radius 3 is 2.39 bits per heavy atom. The Morgan fingerprint density at radius 1 is 1.28 bits per heavy atom. The van der Waals surface area contributed by atoms with E-state index < -0.39 is 0 Å². The third kappa shape index (κ3) is 5.22. The van der Waals surface area contributed by atoms with E-state index in [2.05, 4.69) is 30.7 Å². The fourth-order valence-electron chi connectivity index (χ4n) is 2.77. The van der Waals surface area contributed by atoms with Crippen LogP contribution in [0.1, 0.15) is 33.1 Å². The maximum absolute atomic E-state index is 9.54. The second kappa shape index (κ2) is 8.10. The van der Waals surface area contributed by atoms with Gasteiger partial charge in [0.1, 0.15) is 0 Å². The van der Waals surface area contributed by atoms with E-state index in [0.29, 0.717) is 5.92 Å². The Labute approximate surface area is 112 Å². The number of likely N-dealkylation sites (N-methyl/N-ethyl adjacent to an activating group) is 1. The van der Waals surface area contributed by atoms with E-state index >= 15 is 0 Å². The number of rotatable bonds is 8. The van der Waals surface area contributed by atoms with Crippen LogP contribution in [-0.2, 0) is 0 Å². The Balaban J connectivity index is 2.32. The summed E-state index contributed by atoms with van der Waals surface area (Å²) in [7, 11) is 2.08. The zero-order valence-corrected chi connectivity index (χ0v) is 12.3. The number of nitrogens with zero attached hydrogens (tertiary/aromatic N) is 2. The van der Waals surface area contributed by atoms with Gasteiger partial charge in [-0.2, -0.15) is 0 Å². The Hall–Kier alpha value is -0.160. The van der Waals surface area contributed by atoms with E-state index in [1.165, 1.54) is 25.9 Å². The minimum absolute atomic E-state index is 0.0681. The molecular weight excluding hydrogens is 226 g/mol. The van der Waals surface area contributed by atoms with Gasteiger partial charge in [0.25, 0.3) is 0 Å². The first-order valence-corrected chi connectivity index (χ1v) is 7.33. The highest BCUT2D eigenvalue weighted by Gasteiger charge is 2.23. The number of nitrogens with two attached hydrogens (primary N) is 1. The summed E-state index contributed by atoms with van der Waals surface area (Å²) in [6.45, 7) is 9.07. The predicted molar refractivity (Wildman–Crippen MR) is 76.6 cm³/mol. The van der Waals surface area contributed by atoms with Crippen LogP contribution >= 0.6 is 0 Å². The van der Waals surface area contributed by atoms with Crippen LogP contribution in [0.2, 0.25) is 0 Å². The van der Waals surface area contributed by atoms with Crippen LogP contribution < -0.4 is 5.73 Å². The molecule has 1 heterocycles. The van der Waals surface area contributed by atoms with Crippen LogP contribution in [0.25, 0.3) is 0 Å². The molecule has 0 saturated carbocycles. The molecule has 0 amide bonds. The number of hydrogen-bond donors (Lipinski definition) is 2. The molecule has 1 saturated heterocycles. The maximum Gasteiger partial charge on any atom is 0.0601 e. The molecule has 0 bridgehead atoms. The zero-order chi connectivity index (χ0) is 13.5. The van der Waals surface area contributed by atoms with Gasteiger partial charge >= 0.3 is 0 Å². The summed E-state index contributed by atoms with van der Waals surface area (Å²) in [6, 6.07) is 0.161. The molecule has 0 aromatic heterocycles. The van der Waals surface area contributed by atoms with E-state index in [4.69, 9.17) is 5.73 Å². The molecule has 4 nitrogen and oxygen atoms in total. The summed E-state index contributed by atoms with van der Waals surface area (Å²) < 4.78 is 0. The average Bonchev–Trinajstić information content (AvgIpc) is 2.79. The lowest BCUT2D eigenvalue weighted by Gasteiger charge is -2.33. The number of aliphatic hydroxyl groups excluding tert-OH is 1. The number of likely N-dealkylation sites (tertiary alicyclic amines) is 1. The molecule has 2 atom stereocenters. The quantitative estimate of drug-likeness (QED) is 0.674. The van der Waals surface area contributed by atoms with Gasteiger partial charge in [-0.1, -0.05) is 13.8 Å². The lowest BCUT2D eigenvalue weighted by atomic mass is 9.98. The zero-order valence-electron chi connectivity index (χ0n) is 12.3. The van der Waals surface area contributed by atoms with Gasteiger partial charge in [-0.25, -0.2) is 0 Å². The Morgan fingerprint density at radius 2 is 1.89 bits per heavy atom. The van der Waals surface area contributed by atoms with Crippen LogP contribution in [0.3, 0.4) is 0 Å². The Kier molecular flexibility index (Phi) is 7.15. The van der Waals surface area contributed by atoms with Crippen molar-refractivity contribution in [3.63, 3.8) is 0 Å². The summed E-state index contributed by atoms with van der Waals surface area (Å²) in [4.78, 5) is 4.73. The Bertz CT molecular complexity index is 217. The van der Waals surface area contributed by atoms with Gasteiger partial charge in [-0.05, 0) is 45.3 Å². The fraction of sp³-hybridized carbons (Fsp3) is 1.00. The molecule has 0 aromatic carbocycles. The van der Waals surface area contributed by atoms with Crippen molar-refractivity contribution < 1.29 is 5.11 Å². The number of hydrogen-bond acceptors (Lipinski definition) is 4. The van der Waals surface area contributed by atoms with Crippen molar-refractivity contribution >= 4 is 0 Å². The third-order valence-electron chi connectivity index (χ3n) is 3.96. The summed E-state index contributed by atoms with van der Waals surface area (Å²) in [5.41, 5.74) is 6.20. The largest absolute Gasteiger partial charge is 0.395 e. The monoisotopic (exact) mass is 257 g/mol. The van der Waals surface area contributed by atoms with E-state index in [9.17, 15) is 5.11 Å². The van der Waals surface area contributed by atoms with E-state index in [-0.39, 0.29) is 18.7 Å². The van der Waals surface area contributed by atoms with Crippen molar-refractivity contribution in [3.8, 4) is 0 Å². The summed E-state index contributed by atoms with van der Waals surface area (Å²) >= 11 is 0. The standard InChI is InChI=1S/C14H31N3O/c1-12(2)10-13(15)14(11-18)16(3)8-9-17-6-4-5-7-17/h12-14,18H,4-11,15H2,1-3H3. The first-order valence-electron chi connectivity index (χ1n) is 7.33. The van der Waals surface area contributed by atoms with Crippen molar-refractivity contribution in [1.82, 2.24) is 9.80 Å². The van der Waals surface area contributed by atoms with Crippen molar-refractivity contribution in [2.75, 3.05) is 39.8 Å². The highest BCUT2D eigenvalue weighted by atomic mass is 16.3. The molecule has 0 radical (unpaired) electrons. The van der Waals surface area contributed by atoms with Crippen molar-refractivity contribution in [2.45, 2.75) is 45.2 Å². The lowest BCUT2D eigenvalue weighted by molar-refractivity contribution is 0.111. The van der Waals surface area contributed by atoms with Gasteiger partial charge in [0, 0.05) is 25.2 Å². The van der Waals surface area contributed by atoms with Gasteiger partial charge in [-0.15, -0.1) is 0 Å². The molecule has 18 heavy (non-hydrogen) atoms. The van der Waals surface area contributed by atoms with E-state index in [1.54, 1.807) is 0 Å². The molecule has 1 fully saturated rings. The third-order valence-corrected chi connectivity index (χ3v) is 3.96. The molecule has 108 valence electrons. The fourth-order valence-corrected chi connectivity index (χ4v) is 2.77. The lowest BCUT2D eigenvalue weighted by Crippen LogP contribution is -2.50. The number of aliphatic hydroxyl groups is 1. The molecule has 1 aliphatic heterocycles. The van der Waals surface area contributed by atoms with Crippen molar-refractivity contribution in [2.24, 2.45) is 11.7 Å². The van der Waals surface area contributed by atoms with Crippen LogP contribution in [0, 0.1) is 5.92 Å². The topological polar surface area (TPSA) is 52.7 Å². The van der Waals surface area contributed by atoms with Gasteiger partial charge in [0.2, 0.25) is 0 Å². The summed E-state index contributed by atoms with van der Waals surface area (Å²) in [6.07, 6.45) is 3.64. The predicted octanol–water partition coefficient (Wildman–Crippen LogP) is 0.748. The second-order valence-electron chi connectivity index (χ2n) is 6.07. The molecule has 4 heteroatoms. The maximum atomic E-state index is 9.54.